The Kier molecular flexibility index (Phi) is 4.50. The smallest absolute Gasteiger partial charge is 0.256 e. The van der Waals surface area contributed by atoms with Crippen molar-refractivity contribution in [2.75, 3.05) is 23.0 Å². The topological polar surface area (TPSA) is 62.7 Å². The van der Waals surface area contributed by atoms with Crippen LogP contribution in [0.5, 0.6) is 0 Å². The fourth-order valence-corrected chi connectivity index (χ4v) is 4.33. The van der Waals surface area contributed by atoms with Gasteiger partial charge >= 0.3 is 0 Å². The lowest BCUT2D eigenvalue weighted by atomic mass is 10.0. The van der Waals surface area contributed by atoms with Gasteiger partial charge in [-0.05, 0) is 49.0 Å². The average molecular weight is 371 g/mol. The molecule has 0 radical (unpaired) electrons. The van der Waals surface area contributed by atoms with E-state index in [4.69, 9.17) is 4.74 Å². The number of hydrogen-bond donors (Lipinski definition) is 0. The second-order valence-electron chi connectivity index (χ2n) is 6.81. The van der Waals surface area contributed by atoms with Crippen LogP contribution in [0.1, 0.15) is 26.7 Å². The van der Waals surface area contributed by atoms with Gasteiger partial charge in [-0.2, -0.15) is 0 Å². The molecule has 0 saturated carbocycles. The minimum atomic E-state index is -0.384. The number of benzene rings is 1. The molecule has 0 N–H and O–H groups in total. The van der Waals surface area contributed by atoms with Crippen LogP contribution in [0.25, 0.3) is 11.1 Å². The summed E-state index contributed by atoms with van der Waals surface area (Å²) in [4.78, 5) is 28.8. The molecule has 2 aromatic rings. The van der Waals surface area contributed by atoms with E-state index in [0.29, 0.717) is 13.2 Å². The normalized spacial score (nSPS) is 22.4. The van der Waals surface area contributed by atoms with Crippen molar-refractivity contribution in [3.05, 3.63) is 29.8 Å². The molecule has 2 atom stereocenters. The molecule has 136 valence electrons. The summed E-state index contributed by atoms with van der Waals surface area (Å²) < 4.78 is 9.77. The molecule has 1 fully saturated rings. The highest BCUT2D eigenvalue weighted by molar-refractivity contribution is 7.03. The third-order valence-electron chi connectivity index (χ3n) is 4.99. The lowest BCUT2D eigenvalue weighted by Crippen LogP contribution is -2.53. The Morgan fingerprint density at radius 2 is 2.12 bits per heavy atom. The molecular formula is C19H21N3O3S. The lowest BCUT2D eigenvalue weighted by Gasteiger charge is -2.41. The molecule has 2 amide bonds. The highest BCUT2D eigenvalue weighted by atomic mass is 32.1. The Hall–Kier alpha value is -2.25. The largest absolute Gasteiger partial charge is 0.368 e. The molecular weight excluding hydrogens is 350 g/mol. The molecule has 4 rings (SSSR count). The maximum Gasteiger partial charge on any atom is 0.256 e. The summed E-state index contributed by atoms with van der Waals surface area (Å²) >= 11 is 1.39. The SMILES string of the molecule is CC(=O)N1c2ccc(-c3cnsc3)cc2N(C(=O)C2CCCO2)CC1C. The molecule has 26 heavy (non-hydrogen) atoms. The lowest BCUT2D eigenvalue weighted by molar-refractivity contribution is -0.127. The molecule has 1 aromatic heterocycles. The number of ether oxygens (including phenoxy) is 1. The van der Waals surface area contributed by atoms with E-state index in [1.807, 2.05) is 36.7 Å². The first-order valence-corrected chi connectivity index (χ1v) is 9.66. The van der Waals surface area contributed by atoms with Gasteiger partial charge in [0.05, 0.1) is 17.4 Å². The van der Waals surface area contributed by atoms with Gasteiger partial charge in [-0.1, -0.05) is 6.07 Å². The highest BCUT2D eigenvalue weighted by Crippen LogP contribution is 2.39. The Morgan fingerprint density at radius 1 is 1.27 bits per heavy atom. The number of anilines is 2. The number of rotatable bonds is 2. The van der Waals surface area contributed by atoms with Crippen molar-refractivity contribution in [2.24, 2.45) is 0 Å². The standard InChI is InChI=1S/C19H21N3O3S/c1-12-10-21(19(24)18-4-3-7-25-18)17-8-14(15-9-20-26-11-15)5-6-16(17)22(12)13(2)23/h5-6,8-9,11-12,18H,3-4,7,10H2,1-2H3. The summed E-state index contributed by atoms with van der Waals surface area (Å²) in [6.07, 6.45) is 3.09. The molecule has 2 aliphatic heterocycles. The van der Waals surface area contributed by atoms with Crippen molar-refractivity contribution in [2.45, 2.75) is 38.8 Å². The number of nitrogens with zero attached hydrogens (tertiary/aromatic N) is 3. The van der Waals surface area contributed by atoms with Crippen LogP contribution in [-0.4, -0.2) is 41.5 Å². The molecule has 7 heteroatoms. The summed E-state index contributed by atoms with van der Waals surface area (Å²) in [7, 11) is 0. The van der Waals surface area contributed by atoms with Crippen molar-refractivity contribution >= 4 is 34.7 Å². The summed E-state index contributed by atoms with van der Waals surface area (Å²) in [6.45, 7) is 4.63. The minimum Gasteiger partial charge on any atom is -0.368 e. The van der Waals surface area contributed by atoms with Crippen LogP contribution in [0.2, 0.25) is 0 Å². The van der Waals surface area contributed by atoms with Crippen LogP contribution in [0, 0.1) is 0 Å². The second kappa shape index (κ2) is 6.81. The van der Waals surface area contributed by atoms with Gasteiger partial charge < -0.3 is 14.5 Å². The Bertz CT molecular complexity index is 831. The zero-order valence-corrected chi connectivity index (χ0v) is 15.7. The zero-order valence-electron chi connectivity index (χ0n) is 14.8. The van der Waals surface area contributed by atoms with Crippen molar-refractivity contribution in [1.82, 2.24) is 4.37 Å². The first-order chi connectivity index (χ1) is 12.6. The first-order valence-electron chi connectivity index (χ1n) is 8.83. The van der Waals surface area contributed by atoms with Gasteiger partial charge in [0.2, 0.25) is 5.91 Å². The van der Waals surface area contributed by atoms with E-state index < -0.39 is 0 Å². The number of fused-ring (bicyclic) bond motifs is 1. The molecule has 1 aromatic carbocycles. The van der Waals surface area contributed by atoms with Gasteiger partial charge in [-0.25, -0.2) is 4.37 Å². The number of hydrogen-bond acceptors (Lipinski definition) is 5. The minimum absolute atomic E-state index is 0.0144. The highest BCUT2D eigenvalue weighted by Gasteiger charge is 2.37. The summed E-state index contributed by atoms with van der Waals surface area (Å²) in [6, 6.07) is 5.80. The number of carbonyl (C=O) groups is 2. The molecule has 3 heterocycles. The Balaban J connectivity index is 1.79. The number of aromatic nitrogens is 1. The molecule has 0 aliphatic carbocycles. The molecule has 0 spiro atoms. The maximum atomic E-state index is 13.1. The molecule has 1 saturated heterocycles. The average Bonchev–Trinajstić information content (AvgIpc) is 3.33. The van der Waals surface area contributed by atoms with Crippen molar-refractivity contribution in [3.63, 3.8) is 0 Å². The molecule has 0 bridgehead atoms. The third-order valence-corrected chi connectivity index (χ3v) is 5.58. The second-order valence-corrected chi connectivity index (χ2v) is 7.46. The quantitative estimate of drug-likeness (QED) is 0.814. The van der Waals surface area contributed by atoms with E-state index in [0.717, 1.165) is 35.3 Å². The number of amides is 2. The summed E-state index contributed by atoms with van der Waals surface area (Å²) in [5.41, 5.74) is 3.54. The monoisotopic (exact) mass is 371 g/mol. The van der Waals surface area contributed by atoms with Gasteiger partial charge in [0.15, 0.2) is 0 Å². The van der Waals surface area contributed by atoms with Crippen molar-refractivity contribution < 1.29 is 14.3 Å². The molecule has 6 nitrogen and oxygen atoms in total. The van der Waals surface area contributed by atoms with Gasteiger partial charge in [-0.3, -0.25) is 9.59 Å². The van der Waals surface area contributed by atoms with Gasteiger partial charge in [0.1, 0.15) is 6.10 Å². The maximum absolute atomic E-state index is 13.1. The van der Waals surface area contributed by atoms with E-state index in [-0.39, 0.29) is 24.0 Å². The zero-order chi connectivity index (χ0) is 18.3. The van der Waals surface area contributed by atoms with E-state index >= 15 is 0 Å². The Morgan fingerprint density at radius 3 is 2.77 bits per heavy atom. The van der Waals surface area contributed by atoms with Crippen molar-refractivity contribution in [3.8, 4) is 11.1 Å². The third kappa shape index (κ3) is 2.91. The first kappa shape index (κ1) is 17.2. The predicted octanol–water partition coefficient (Wildman–Crippen LogP) is 3.08. The van der Waals surface area contributed by atoms with Crippen LogP contribution < -0.4 is 9.80 Å². The van der Waals surface area contributed by atoms with Gasteiger partial charge in [0, 0.05) is 37.2 Å². The van der Waals surface area contributed by atoms with Gasteiger partial charge in [-0.15, -0.1) is 0 Å². The predicted molar refractivity (Wildman–Crippen MR) is 101 cm³/mol. The van der Waals surface area contributed by atoms with Crippen LogP contribution >= 0.6 is 11.5 Å². The fraction of sp³-hybridized carbons (Fsp3) is 0.421. The van der Waals surface area contributed by atoms with Crippen LogP contribution in [0.4, 0.5) is 11.4 Å². The summed E-state index contributed by atoms with van der Waals surface area (Å²) in [5, 5.41) is 1.97. The number of carbonyl (C=O) groups excluding carboxylic acids is 2. The van der Waals surface area contributed by atoms with Crippen molar-refractivity contribution in [1.29, 1.82) is 0 Å². The van der Waals surface area contributed by atoms with E-state index in [1.165, 1.54) is 11.5 Å². The molecule has 2 unspecified atom stereocenters. The molecule has 2 aliphatic rings. The van der Waals surface area contributed by atoms with Crippen LogP contribution in [0.3, 0.4) is 0 Å². The van der Waals surface area contributed by atoms with Gasteiger partial charge in [0.25, 0.3) is 5.91 Å². The fourth-order valence-electron chi connectivity index (χ4n) is 3.79. The van der Waals surface area contributed by atoms with Crippen LogP contribution in [-0.2, 0) is 14.3 Å². The summed E-state index contributed by atoms with van der Waals surface area (Å²) in [5.74, 6) is -0.0349. The van der Waals surface area contributed by atoms with E-state index in [9.17, 15) is 9.59 Å². The van der Waals surface area contributed by atoms with Crippen LogP contribution in [0.15, 0.2) is 29.8 Å². The Labute approximate surface area is 156 Å². The van der Waals surface area contributed by atoms with E-state index in [2.05, 4.69) is 4.37 Å². The van der Waals surface area contributed by atoms with E-state index in [1.54, 1.807) is 16.7 Å².